The molecule has 1 N–H and O–H groups in total. The molecule has 4 nitrogen and oxygen atoms in total. The maximum absolute atomic E-state index is 12.5. The van der Waals surface area contributed by atoms with Crippen LogP contribution >= 0.6 is 11.3 Å². The number of aliphatic hydroxyl groups is 1. The van der Waals surface area contributed by atoms with Crippen LogP contribution in [-0.2, 0) is 6.42 Å². The first-order valence-corrected chi connectivity index (χ1v) is 8.65. The summed E-state index contributed by atoms with van der Waals surface area (Å²) in [4.78, 5) is 18.8. The van der Waals surface area contributed by atoms with Crippen molar-refractivity contribution in [3.8, 4) is 0 Å². The summed E-state index contributed by atoms with van der Waals surface area (Å²) in [5.41, 5.74) is 1.29. The highest BCUT2D eigenvalue weighted by atomic mass is 32.1. The van der Waals surface area contributed by atoms with Crippen molar-refractivity contribution in [1.29, 1.82) is 0 Å². The molecule has 118 valence electrons. The molecule has 1 aliphatic heterocycles. The number of carbonyl (C=O) groups is 1. The summed E-state index contributed by atoms with van der Waals surface area (Å²) in [6, 6.07) is 2.05. The first kappa shape index (κ1) is 16.5. The lowest BCUT2D eigenvalue weighted by Crippen LogP contribution is -2.50. The van der Waals surface area contributed by atoms with E-state index in [4.69, 9.17) is 0 Å². The predicted molar refractivity (Wildman–Crippen MR) is 87.1 cm³/mol. The summed E-state index contributed by atoms with van der Waals surface area (Å²) in [7, 11) is 0. The number of β-amino-alcohol motifs (C(OH)–C–C–N with tert-alkyl or cyclic N) is 1. The summed E-state index contributed by atoms with van der Waals surface area (Å²) < 4.78 is 0. The van der Waals surface area contributed by atoms with E-state index in [-0.39, 0.29) is 12.0 Å². The van der Waals surface area contributed by atoms with Crippen LogP contribution in [0.3, 0.4) is 0 Å². The van der Waals surface area contributed by atoms with Gasteiger partial charge in [0.1, 0.15) is 0 Å². The highest BCUT2D eigenvalue weighted by Gasteiger charge is 2.24. The van der Waals surface area contributed by atoms with Crippen molar-refractivity contribution in [2.24, 2.45) is 0 Å². The third-order valence-corrected chi connectivity index (χ3v) is 5.29. The Hall–Kier alpha value is -0.910. The Bertz CT molecular complexity index is 479. The summed E-state index contributed by atoms with van der Waals surface area (Å²) in [5, 5.41) is 9.70. The van der Waals surface area contributed by atoms with Crippen LogP contribution in [0.5, 0.6) is 0 Å². The van der Waals surface area contributed by atoms with Gasteiger partial charge in [-0.25, -0.2) is 0 Å². The molecule has 0 radical (unpaired) electrons. The van der Waals surface area contributed by atoms with Gasteiger partial charge in [0.25, 0.3) is 5.91 Å². The first-order chi connectivity index (χ1) is 10.0. The van der Waals surface area contributed by atoms with E-state index >= 15 is 0 Å². The second kappa shape index (κ2) is 7.38. The van der Waals surface area contributed by atoms with Gasteiger partial charge >= 0.3 is 0 Å². The minimum atomic E-state index is -0.251. The number of piperazine rings is 1. The van der Waals surface area contributed by atoms with Crippen molar-refractivity contribution in [2.45, 2.75) is 39.7 Å². The molecule has 2 heterocycles. The van der Waals surface area contributed by atoms with Crippen molar-refractivity contribution in [1.82, 2.24) is 9.80 Å². The molecule has 0 bridgehead atoms. The summed E-state index contributed by atoms with van der Waals surface area (Å²) >= 11 is 1.61. The molecular weight excluding hydrogens is 284 g/mol. The van der Waals surface area contributed by atoms with Gasteiger partial charge in [-0.15, -0.1) is 11.3 Å². The van der Waals surface area contributed by atoms with E-state index in [1.165, 1.54) is 10.4 Å². The van der Waals surface area contributed by atoms with Crippen LogP contribution in [0.2, 0.25) is 0 Å². The first-order valence-electron chi connectivity index (χ1n) is 7.84. The number of hydrogen-bond donors (Lipinski definition) is 1. The van der Waals surface area contributed by atoms with Gasteiger partial charge in [-0.3, -0.25) is 9.69 Å². The van der Waals surface area contributed by atoms with E-state index < -0.39 is 0 Å². The third kappa shape index (κ3) is 4.05. The third-order valence-electron chi connectivity index (χ3n) is 4.21. The largest absolute Gasteiger partial charge is 0.392 e. The van der Waals surface area contributed by atoms with E-state index in [2.05, 4.69) is 24.8 Å². The number of aliphatic hydroxyl groups excluding tert-OH is 1. The fraction of sp³-hybridized carbons (Fsp3) is 0.688. The Morgan fingerprint density at radius 2 is 2.00 bits per heavy atom. The lowest BCUT2D eigenvalue weighted by atomic mass is 10.2. The molecule has 21 heavy (non-hydrogen) atoms. The van der Waals surface area contributed by atoms with Gasteiger partial charge in [0.15, 0.2) is 0 Å². The molecule has 5 heteroatoms. The molecule has 1 fully saturated rings. The zero-order valence-corrected chi connectivity index (χ0v) is 14.1. The average Bonchev–Trinajstić information content (AvgIpc) is 2.88. The number of rotatable bonds is 5. The molecule has 0 aromatic carbocycles. The van der Waals surface area contributed by atoms with Gasteiger partial charge in [0.2, 0.25) is 0 Å². The lowest BCUT2D eigenvalue weighted by molar-refractivity contribution is 0.0527. The molecule has 1 aromatic rings. The summed E-state index contributed by atoms with van der Waals surface area (Å²) in [5.74, 6) is 0.165. The van der Waals surface area contributed by atoms with Crippen LogP contribution < -0.4 is 0 Å². The Kier molecular flexibility index (Phi) is 5.79. The van der Waals surface area contributed by atoms with E-state index in [1.807, 2.05) is 11.8 Å². The highest BCUT2D eigenvalue weighted by molar-refractivity contribution is 7.14. The Labute approximate surface area is 131 Å². The smallest absolute Gasteiger partial charge is 0.264 e. The van der Waals surface area contributed by atoms with Gasteiger partial charge in [0.05, 0.1) is 11.0 Å². The van der Waals surface area contributed by atoms with Crippen molar-refractivity contribution in [3.05, 3.63) is 21.4 Å². The zero-order chi connectivity index (χ0) is 15.4. The van der Waals surface area contributed by atoms with Crippen LogP contribution in [0, 0.1) is 6.92 Å². The quantitative estimate of drug-likeness (QED) is 0.906. The van der Waals surface area contributed by atoms with Crippen molar-refractivity contribution < 1.29 is 9.90 Å². The number of carbonyl (C=O) groups excluding carboxylic acids is 1. The van der Waals surface area contributed by atoms with Gasteiger partial charge in [-0.2, -0.15) is 0 Å². The fourth-order valence-corrected chi connectivity index (χ4v) is 3.77. The summed E-state index contributed by atoms with van der Waals surface area (Å²) in [6.45, 7) is 10.2. The van der Waals surface area contributed by atoms with Crippen LogP contribution in [0.15, 0.2) is 6.07 Å². The highest BCUT2D eigenvalue weighted by Crippen LogP contribution is 2.23. The van der Waals surface area contributed by atoms with Gasteiger partial charge < -0.3 is 10.0 Å². The van der Waals surface area contributed by atoms with Crippen molar-refractivity contribution in [2.75, 3.05) is 32.7 Å². The summed E-state index contributed by atoms with van der Waals surface area (Å²) in [6.07, 6.45) is 1.52. The van der Waals surface area contributed by atoms with E-state index in [0.717, 1.165) is 50.4 Å². The number of thiophene rings is 1. The van der Waals surface area contributed by atoms with Crippen LogP contribution in [-0.4, -0.2) is 59.6 Å². The second-order valence-corrected chi connectivity index (χ2v) is 6.96. The van der Waals surface area contributed by atoms with Gasteiger partial charge in [-0.1, -0.05) is 13.8 Å². The van der Waals surface area contributed by atoms with E-state index in [9.17, 15) is 9.90 Å². The number of amides is 1. The number of nitrogens with zero attached hydrogens (tertiary/aromatic N) is 2. The predicted octanol–water partition coefficient (Wildman–Crippen LogP) is 2.15. The molecule has 0 saturated carbocycles. The lowest BCUT2D eigenvalue weighted by Gasteiger charge is -2.35. The fourth-order valence-electron chi connectivity index (χ4n) is 2.69. The Morgan fingerprint density at radius 3 is 2.52 bits per heavy atom. The molecule has 1 saturated heterocycles. The van der Waals surface area contributed by atoms with Crippen LogP contribution in [0.25, 0.3) is 0 Å². The molecule has 0 unspecified atom stereocenters. The van der Waals surface area contributed by atoms with Crippen LogP contribution in [0.4, 0.5) is 0 Å². The van der Waals surface area contributed by atoms with Gasteiger partial charge in [-0.05, 0) is 31.4 Å². The molecular formula is C16H26N2O2S. The Balaban J connectivity index is 1.90. The number of aryl methyl sites for hydroxylation is 2. The van der Waals surface area contributed by atoms with Crippen molar-refractivity contribution >= 4 is 17.2 Å². The zero-order valence-electron chi connectivity index (χ0n) is 13.3. The minimum absolute atomic E-state index is 0.165. The molecule has 1 amide bonds. The molecule has 1 aliphatic rings. The normalized spacial score (nSPS) is 18.0. The van der Waals surface area contributed by atoms with Gasteiger partial charge in [0, 0.05) is 37.6 Å². The van der Waals surface area contributed by atoms with Crippen molar-refractivity contribution in [3.63, 3.8) is 0 Å². The van der Waals surface area contributed by atoms with Crippen LogP contribution in [0.1, 0.15) is 40.4 Å². The molecule has 0 aliphatic carbocycles. The molecule has 2 rings (SSSR count). The molecule has 0 spiro atoms. The van der Waals surface area contributed by atoms with E-state index in [0.29, 0.717) is 0 Å². The standard InChI is InChI=1S/C16H26N2O2S/c1-4-13-10-15(21-12(13)3)16(20)18-8-6-17(7-9-18)11-14(19)5-2/h10,14,19H,4-9,11H2,1-3H3/t14-/m1/s1. The molecule has 1 aromatic heterocycles. The average molecular weight is 310 g/mol. The monoisotopic (exact) mass is 310 g/mol. The second-order valence-electron chi connectivity index (χ2n) is 5.70. The minimum Gasteiger partial charge on any atom is -0.392 e. The maximum atomic E-state index is 12.5. The Morgan fingerprint density at radius 1 is 1.33 bits per heavy atom. The molecule has 1 atom stereocenters. The van der Waals surface area contributed by atoms with E-state index in [1.54, 1.807) is 11.3 Å². The topological polar surface area (TPSA) is 43.8 Å². The SMILES string of the molecule is CCc1cc(C(=O)N2CCN(C[C@H](O)CC)CC2)sc1C. The number of hydrogen-bond acceptors (Lipinski definition) is 4. The maximum Gasteiger partial charge on any atom is 0.264 e.